The highest BCUT2D eigenvalue weighted by Gasteiger charge is 2.18. The van der Waals surface area contributed by atoms with Gasteiger partial charge in [0.15, 0.2) is 0 Å². The molecule has 0 aromatic heterocycles. The maximum atomic E-state index is 12.2. The van der Waals surface area contributed by atoms with E-state index in [2.05, 4.69) is 13.8 Å². The zero-order valence-corrected chi connectivity index (χ0v) is 18.2. The molecule has 0 radical (unpaired) electrons. The first kappa shape index (κ1) is 25.7. The summed E-state index contributed by atoms with van der Waals surface area (Å²) in [5.74, 6) is -0.767. The van der Waals surface area contributed by atoms with Crippen LogP contribution in [-0.2, 0) is 19.1 Å². The molecule has 27 heavy (non-hydrogen) atoms. The largest absolute Gasteiger partial charge is 0.462 e. The van der Waals surface area contributed by atoms with E-state index < -0.39 is 5.97 Å². The van der Waals surface area contributed by atoms with Crippen LogP contribution >= 0.6 is 0 Å². The van der Waals surface area contributed by atoms with Gasteiger partial charge in [0.25, 0.3) is 0 Å². The minimum Gasteiger partial charge on any atom is -0.462 e. The SMILES string of the molecule is CCCCCCCCOC(=O)C(C)=C(CC)C(=O)OCCCCCCCC. The van der Waals surface area contributed by atoms with Crippen molar-refractivity contribution in [3.63, 3.8) is 0 Å². The average Bonchev–Trinajstić information content (AvgIpc) is 2.66. The van der Waals surface area contributed by atoms with Crippen LogP contribution in [0.5, 0.6) is 0 Å². The zero-order chi connectivity index (χ0) is 20.3. The van der Waals surface area contributed by atoms with Crippen molar-refractivity contribution in [2.75, 3.05) is 13.2 Å². The lowest BCUT2D eigenvalue weighted by Crippen LogP contribution is -2.16. The highest BCUT2D eigenvalue weighted by molar-refractivity contribution is 5.99. The van der Waals surface area contributed by atoms with Crippen LogP contribution in [0.3, 0.4) is 0 Å². The first-order valence-electron chi connectivity index (χ1n) is 11.1. The van der Waals surface area contributed by atoms with Crippen LogP contribution in [-0.4, -0.2) is 25.2 Å². The molecule has 0 aromatic carbocycles. The molecule has 0 spiro atoms. The Bertz CT molecular complexity index is 426. The monoisotopic (exact) mass is 382 g/mol. The normalized spacial score (nSPS) is 11.9. The second-order valence-corrected chi connectivity index (χ2v) is 7.26. The van der Waals surface area contributed by atoms with E-state index in [1.807, 2.05) is 6.92 Å². The number of hydrogen-bond acceptors (Lipinski definition) is 4. The van der Waals surface area contributed by atoms with Crippen LogP contribution in [0.4, 0.5) is 0 Å². The summed E-state index contributed by atoms with van der Waals surface area (Å²) < 4.78 is 10.7. The summed E-state index contributed by atoms with van der Waals surface area (Å²) >= 11 is 0. The summed E-state index contributed by atoms with van der Waals surface area (Å²) in [5.41, 5.74) is 0.824. The van der Waals surface area contributed by atoms with Crippen molar-refractivity contribution < 1.29 is 19.1 Å². The summed E-state index contributed by atoms with van der Waals surface area (Å²) in [4.78, 5) is 24.4. The highest BCUT2D eigenvalue weighted by atomic mass is 16.5. The van der Waals surface area contributed by atoms with Crippen molar-refractivity contribution in [1.82, 2.24) is 0 Å². The second-order valence-electron chi connectivity index (χ2n) is 7.26. The van der Waals surface area contributed by atoms with Gasteiger partial charge in [0.1, 0.15) is 0 Å². The van der Waals surface area contributed by atoms with Crippen LogP contribution in [0, 0.1) is 0 Å². The quantitative estimate of drug-likeness (QED) is 0.163. The first-order valence-corrected chi connectivity index (χ1v) is 11.1. The van der Waals surface area contributed by atoms with Gasteiger partial charge in [-0.1, -0.05) is 85.0 Å². The summed E-state index contributed by atoms with van der Waals surface area (Å²) in [6.45, 7) is 8.77. The predicted molar refractivity (Wildman–Crippen MR) is 112 cm³/mol. The van der Waals surface area contributed by atoms with Gasteiger partial charge in [-0.2, -0.15) is 0 Å². The summed E-state index contributed by atoms with van der Waals surface area (Å²) in [6, 6.07) is 0. The third-order valence-electron chi connectivity index (χ3n) is 4.82. The molecular weight excluding hydrogens is 340 g/mol. The molecule has 0 aliphatic heterocycles. The minimum absolute atomic E-state index is 0.375. The van der Waals surface area contributed by atoms with E-state index >= 15 is 0 Å². The number of esters is 2. The van der Waals surface area contributed by atoms with E-state index in [1.54, 1.807) is 6.92 Å². The molecule has 0 aromatic rings. The van der Waals surface area contributed by atoms with Crippen molar-refractivity contribution in [1.29, 1.82) is 0 Å². The predicted octanol–water partition coefficient (Wildman–Crippen LogP) is 6.52. The molecule has 0 fully saturated rings. The molecule has 0 heterocycles. The highest BCUT2D eigenvalue weighted by Crippen LogP contribution is 2.14. The Hall–Kier alpha value is -1.32. The van der Waals surface area contributed by atoms with Gasteiger partial charge >= 0.3 is 11.9 Å². The van der Waals surface area contributed by atoms with Crippen LogP contribution in [0.2, 0.25) is 0 Å². The van der Waals surface area contributed by atoms with Gasteiger partial charge in [0, 0.05) is 11.1 Å². The standard InChI is InChI=1S/C23H42O4/c1-5-8-10-12-14-16-18-26-22(24)20(4)21(7-3)23(25)27-19-17-15-13-11-9-6-2/h5-19H2,1-4H3. The molecular formula is C23H42O4. The number of carbonyl (C=O) groups excluding carboxylic acids is 2. The van der Waals surface area contributed by atoms with Gasteiger partial charge in [-0.25, -0.2) is 9.59 Å². The molecule has 0 rings (SSSR count). The number of ether oxygens (including phenoxy) is 2. The number of unbranched alkanes of at least 4 members (excludes halogenated alkanes) is 10. The number of hydrogen-bond donors (Lipinski definition) is 0. The Morgan fingerprint density at radius 3 is 1.44 bits per heavy atom. The lowest BCUT2D eigenvalue weighted by atomic mass is 10.1. The summed E-state index contributed by atoms with van der Waals surface area (Å²) in [6.07, 6.45) is 14.3. The summed E-state index contributed by atoms with van der Waals surface area (Å²) in [7, 11) is 0. The molecule has 0 unspecified atom stereocenters. The van der Waals surface area contributed by atoms with Gasteiger partial charge in [0.05, 0.1) is 13.2 Å². The maximum absolute atomic E-state index is 12.2. The van der Waals surface area contributed by atoms with Crippen LogP contribution in [0.15, 0.2) is 11.1 Å². The van der Waals surface area contributed by atoms with E-state index in [9.17, 15) is 9.59 Å². The lowest BCUT2D eigenvalue weighted by molar-refractivity contribution is -0.142. The summed E-state index contributed by atoms with van der Waals surface area (Å²) in [5, 5.41) is 0. The van der Waals surface area contributed by atoms with Gasteiger partial charge in [0.2, 0.25) is 0 Å². The molecule has 4 heteroatoms. The van der Waals surface area contributed by atoms with E-state index in [4.69, 9.17) is 9.47 Å². The minimum atomic E-state index is -0.392. The van der Waals surface area contributed by atoms with Crippen molar-refractivity contribution in [3.8, 4) is 0 Å². The van der Waals surface area contributed by atoms with E-state index in [1.165, 1.54) is 51.4 Å². The first-order chi connectivity index (χ1) is 13.1. The molecule has 158 valence electrons. The molecule has 0 atom stereocenters. The average molecular weight is 383 g/mol. The smallest absolute Gasteiger partial charge is 0.334 e. The molecule has 4 nitrogen and oxygen atoms in total. The maximum Gasteiger partial charge on any atom is 0.334 e. The third kappa shape index (κ3) is 13.5. The number of carbonyl (C=O) groups is 2. The Labute approximate surface area is 167 Å². The Kier molecular flexibility index (Phi) is 17.2. The van der Waals surface area contributed by atoms with Crippen molar-refractivity contribution >= 4 is 11.9 Å². The topological polar surface area (TPSA) is 52.6 Å². The van der Waals surface area contributed by atoms with Crippen molar-refractivity contribution in [3.05, 3.63) is 11.1 Å². The Morgan fingerprint density at radius 1 is 0.593 bits per heavy atom. The molecule has 0 aliphatic rings. The van der Waals surface area contributed by atoms with Crippen LogP contribution in [0.1, 0.15) is 111 Å². The van der Waals surface area contributed by atoms with Crippen LogP contribution in [0.25, 0.3) is 0 Å². The third-order valence-corrected chi connectivity index (χ3v) is 4.82. The number of rotatable bonds is 17. The van der Waals surface area contributed by atoms with Gasteiger partial charge in [-0.3, -0.25) is 0 Å². The van der Waals surface area contributed by atoms with E-state index in [-0.39, 0.29) is 5.97 Å². The fourth-order valence-electron chi connectivity index (χ4n) is 2.98. The molecule has 0 saturated heterocycles. The van der Waals surface area contributed by atoms with Crippen molar-refractivity contribution in [2.45, 2.75) is 111 Å². The zero-order valence-electron chi connectivity index (χ0n) is 18.2. The molecule has 0 aliphatic carbocycles. The van der Waals surface area contributed by atoms with Gasteiger partial charge in [-0.05, 0) is 26.2 Å². The fourth-order valence-corrected chi connectivity index (χ4v) is 2.98. The lowest BCUT2D eigenvalue weighted by Gasteiger charge is -2.11. The second kappa shape index (κ2) is 18.1. The van der Waals surface area contributed by atoms with E-state index in [0.717, 1.165) is 25.7 Å². The molecule has 0 amide bonds. The van der Waals surface area contributed by atoms with Gasteiger partial charge in [-0.15, -0.1) is 0 Å². The Balaban J connectivity index is 4.13. The van der Waals surface area contributed by atoms with Crippen molar-refractivity contribution in [2.24, 2.45) is 0 Å². The molecule has 0 N–H and O–H groups in total. The van der Waals surface area contributed by atoms with Crippen LogP contribution < -0.4 is 0 Å². The molecule has 0 saturated carbocycles. The Morgan fingerprint density at radius 2 is 1.00 bits per heavy atom. The van der Waals surface area contributed by atoms with Gasteiger partial charge < -0.3 is 9.47 Å². The fraction of sp³-hybridized carbons (Fsp3) is 0.826. The van der Waals surface area contributed by atoms with E-state index in [0.29, 0.717) is 30.8 Å². The molecule has 0 bridgehead atoms.